The standard InChI is InChI=1S/C16H20N2O2/c1-4-18-16(13-6-5-9-17-11-13)12-7-8-14(19-2)15(10-12)20-3/h5-11,16,18H,4H2,1-3H3. The minimum atomic E-state index is 0.0912. The number of hydrogen-bond acceptors (Lipinski definition) is 4. The van der Waals surface area contributed by atoms with Gasteiger partial charge in [-0.05, 0) is 35.9 Å². The molecular formula is C16H20N2O2. The molecule has 0 radical (unpaired) electrons. The molecule has 1 aromatic carbocycles. The Labute approximate surface area is 119 Å². The summed E-state index contributed by atoms with van der Waals surface area (Å²) in [4.78, 5) is 4.19. The molecule has 0 aliphatic rings. The summed E-state index contributed by atoms with van der Waals surface area (Å²) in [6.07, 6.45) is 3.66. The van der Waals surface area contributed by atoms with Crippen molar-refractivity contribution >= 4 is 0 Å². The van der Waals surface area contributed by atoms with Gasteiger partial charge in [0.05, 0.1) is 20.3 Å². The molecule has 0 aliphatic carbocycles. The van der Waals surface area contributed by atoms with Crippen molar-refractivity contribution in [3.63, 3.8) is 0 Å². The maximum Gasteiger partial charge on any atom is 0.161 e. The van der Waals surface area contributed by atoms with E-state index in [4.69, 9.17) is 9.47 Å². The van der Waals surface area contributed by atoms with Gasteiger partial charge >= 0.3 is 0 Å². The lowest BCUT2D eigenvalue weighted by Crippen LogP contribution is -2.22. The molecule has 0 bridgehead atoms. The van der Waals surface area contributed by atoms with Crippen LogP contribution in [0.15, 0.2) is 42.7 Å². The normalized spacial score (nSPS) is 11.9. The Morgan fingerprint density at radius 1 is 1.10 bits per heavy atom. The van der Waals surface area contributed by atoms with Crippen LogP contribution in [0.2, 0.25) is 0 Å². The van der Waals surface area contributed by atoms with Gasteiger partial charge in [-0.15, -0.1) is 0 Å². The molecule has 106 valence electrons. The first-order valence-corrected chi connectivity index (χ1v) is 6.65. The largest absolute Gasteiger partial charge is 0.493 e. The van der Waals surface area contributed by atoms with Crippen LogP contribution in [-0.4, -0.2) is 25.7 Å². The first kappa shape index (κ1) is 14.3. The number of ether oxygens (including phenoxy) is 2. The minimum Gasteiger partial charge on any atom is -0.493 e. The zero-order valence-corrected chi connectivity index (χ0v) is 12.1. The van der Waals surface area contributed by atoms with Gasteiger partial charge in [-0.25, -0.2) is 0 Å². The molecule has 0 fully saturated rings. The Morgan fingerprint density at radius 2 is 1.90 bits per heavy atom. The van der Waals surface area contributed by atoms with E-state index in [1.54, 1.807) is 20.4 Å². The van der Waals surface area contributed by atoms with Crippen LogP contribution in [0, 0.1) is 0 Å². The van der Waals surface area contributed by atoms with Crippen LogP contribution >= 0.6 is 0 Å². The highest BCUT2D eigenvalue weighted by Gasteiger charge is 2.15. The second kappa shape index (κ2) is 6.91. The van der Waals surface area contributed by atoms with Crippen molar-refractivity contribution in [3.8, 4) is 11.5 Å². The first-order chi connectivity index (χ1) is 9.80. The van der Waals surface area contributed by atoms with Crippen molar-refractivity contribution in [2.45, 2.75) is 13.0 Å². The fourth-order valence-corrected chi connectivity index (χ4v) is 2.21. The SMILES string of the molecule is CCNC(c1cccnc1)c1ccc(OC)c(OC)c1. The average Bonchev–Trinajstić information content (AvgIpc) is 2.52. The Kier molecular flexibility index (Phi) is 4.96. The van der Waals surface area contributed by atoms with Gasteiger partial charge < -0.3 is 14.8 Å². The van der Waals surface area contributed by atoms with E-state index >= 15 is 0 Å². The molecule has 1 unspecified atom stereocenters. The second-order valence-electron chi connectivity index (χ2n) is 4.39. The van der Waals surface area contributed by atoms with E-state index in [9.17, 15) is 0 Å². The highest BCUT2D eigenvalue weighted by Crippen LogP contribution is 2.31. The van der Waals surface area contributed by atoms with E-state index in [-0.39, 0.29) is 6.04 Å². The monoisotopic (exact) mass is 272 g/mol. The van der Waals surface area contributed by atoms with Gasteiger partial charge in [-0.2, -0.15) is 0 Å². The van der Waals surface area contributed by atoms with Gasteiger partial charge in [0.1, 0.15) is 0 Å². The molecule has 0 saturated carbocycles. The molecule has 4 heteroatoms. The zero-order chi connectivity index (χ0) is 14.4. The van der Waals surface area contributed by atoms with E-state index in [0.717, 1.165) is 29.2 Å². The van der Waals surface area contributed by atoms with E-state index in [1.165, 1.54) is 0 Å². The number of aromatic nitrogens is 1. The predicted octanol–water partition coefficient (Wildman–Crippen LogP) is 2.80. The van der Waals surface area contributed by atoms with Crippen LogP contribution in [0.1, 0.15) is 24.1 Å². The molecule has 1 aromatic heterocycles. The van der Waals surface area contributed by atoms with Crippen LogP contribution in [0.25, 0.3) is 0 Å². The van der Waals surface area contributed by atoms with Crippen LogP contribution in [0.4, 0.5) is 0 Å². The molecule has 4 nitrogen and oxygen atoms in total. The summed E-state index contributed by atoms with van der Waals surface area (Å²) in [5, 5.41) is 3.47. The van der Waals surface area contributed by atoms with Gasteiger partial charge in [-0.3, -0.25) is 4.98 Å². The molecule has 1 atom stereocenters. The quantitative estimate of drug-likeness (QED) is 0.878. The molecule has 20 heavy (non-hydrogen) atoms. The average molecular weight is 272 g/mol. The van der Waals surface area contributed by atoms with Gasteiger partial charge in [0.15, 0.2) is 11.5 Å². The Hall–Kier alpha value is -2.07. The van der Waals surface area contributed by atoms with Crippen LogP contribution in [0.5, 0.6) is 11.5 Å². The lowest BCUT2D eigenvalue weighted by molar-refractivity contribution is 0.354. The minimum absolute atomic E-state index is 0.0912. The number of nitrogens with one attached hydrogen (secondary N) is 1. The summed E-state index contributed by atoms with van der Waals surface area (Å²) in [5.74, 6) is 1.47. The van der Waals surface area contributed by atoms with Crippen molar-refractivity contribution < 1.29 is 9.47 Å². The maximum atomic E-state index is 5.37. The smallest absolute Gasteiger partial charge is 0.161 e. The highest BCUT2D eigenvalue weighted by atomic mass is 16.5. The van der Waals surface area contributed by atoms with Gasteiger partial charge in [0.2, 0.25) is 0 Å². The Morgan fingerprint density at radius 3 is 2.50 bits per heavy atom. The third-order valence-electron chi connectivity index (χ3n) is 3.17. The summed E-state index contributed by atoms with van der Waals surface area (Å²) in [6.45, 7) is 2.96. The lowest BCUT2D eigenvalue weighted by Gasteiger charge is -2.20. The number of benzene rings is 1. The van der Waals surface area contributed by atoms with Gasteiger partial charge in [-0.1, -0.05) is 19.1 Å². The molecule has 0 amide bonds. The number of nitrogens with zero attached hydrogens (tertiary/aromatic N) is 1. The van der Waals surface area contributed by atoms with E-state index in [0.29, 0.717) is 0 Å². The first-order valence-electron chi connectivity index (χ1n) is 6.65. The van der Waals surface area contributed by atoms with Crippen LogP contribution in [-0.2, 0) is 0 Å². The predicted molar refractivity (Wildman–Crippen MR) is 79.3 cm³/mol. The van der Waals surface area contributed by atoms with Gasteiger partial charge in [0, 0.05) is 12.4 Å². The van der Waals surface area contributed by atoms with E-state index in [1.807, 2.05) is 30.5 Å². The van der Waals surface area contributed by atoms with Crippen molar-refractivity contribution in [3.05, 3.63) is 53.9 Å². The zero-order valence-electron chi connectivity index (χ0n) is 12.1. The molecule has 1 heterocycles. The molecule has 0 spiro atoms. The van der Waals surface area contributed by atoms with Crippen molar-refractivity contribution in [2.24, 2.45) is 0 Å². The fourth-order valence-electron chi connectivity index (χ4n) is 2.21. The number of rotatable bonds is 6. The van der Waals surface area contributed by atoms with Gasteiger partial charge in [0.25, 0.3) is 0 Å². The van der Waals surface area contributed by atoms with E-state index < -0.39 is 0 Å². The summed E-state index contributed by atoms with van der Waals surface area (Å²) in [5.41, 5.74) is 2.25. The molecular weight excluding hydrogens is 252 g/mol. The Bertz CT molecular complexity index is 543. The molecule has 2 aromatic rings. The van der Waals surface area contributed by atoms with E-state index in [2.05, 4.69) is 23.3 Å². The third-order valence-corrected chi connectivity index (χ3v) is 3.17. The molecule has 0 saturated heterocycles. The highest BCUT2D eigenvalue weighted by molar-refractivity contribution is 5.45. The Balaban J connectivity index is 2.39. The maximum absolute atomic E-state index is 5.37. The second-order valence-corrected chi connectivity index (χ2v) is 4.39. The van der Waals surface area contributed by atoms with Crippen LogP contribution in [0.3, 0.4) is 0 Å². The summed E-state index contributed by atoms with van der Waals surface area (Å²) in [6, 6.07) is 10.1. The lowest BCUT2D eigenvalue weighted by atomic mass is 9.99. The summed E-state index contributed by atoms with van der Waals surface area (Å²) in [7, 11) is 3.29. The molecule has 1 N–H and O–H groups in total. The third kappa shape index (κ3) is 3.08. The van der Waals surface area contributed by atoms with Crippen molar-refractivity contribution in [1.29, 1.82) is 0 Å². The fraction of sp³-hybridized carbons (Fsp3) is 0.312. The van der Waals surface area contributed by atoms with Crippen molar-refractivity contribution in [1.82, 2.24) is 10.3 Å². The molecule has 2 rings (SSSR count). The number of hydrogen-bond donors (Lipinski definition) is 1. The number of pyridine rings is 1. The van der Waals surface area contributed by atoms with Crippen LogP contribution < -0.4 is 14.8 Å². The molecule has 0 aliphatic heterocycles. The topological polar surface area (TPSA) is 43.4 Å². The number of methoxy groups -OCH3 is 2. The van der Waals surface area contributed by atoms with Crippen molar-refractivity contribution in [2.75, 3.05) is 20.8 Å². The summed E-state index contributed by atoms with van der Waals surface area (Å²) >= 11 is 0. The summed E-state index contributed by atoms with van der Waals surface area (Å²) < 4.78 is 10.7.